The topological polar surface area (TPSA) is 129 Å². The lowest BCUT2D eigenvalue weighted by atomic mass is 10.4. The Morgan fingerprint density at radius 1 is 1.11 bits per heavy atom. The number of morpholine rings is 1. The van der Waals surface area contributed by atoms with E-state index in [1.807, 2.05) is 0 Å². The van der Waals surface area contributed by atoms with Crippen LogP contribution in [-0.2, 0) is 24.8 Å². The maximum atomic E-state index is 12.6. The van der Waals surface area contributed by atoms with E-state index in [4.69, 9.17) is 4.74 Å². The Balaban J connectivity index is 1.55. The van der Waals surface area contributed by atoms with Gasteiger partial charge < -0.3 is 15.0 Å². The summed E-state index contributed by atoms with van der Waals surface area (Å²) in [7, 11) is -7.11. The van der Waals surface area contributed by atoms with Gasteiger partial charge in [0.15, 0.2) is 0 Å². The molecule has 1 aromatic heterocycles. The third kappa shape index (κ3) is 5.07. The highest BCUT2D eigenvalue weighted by atomic mass is 32.2. The zero-order valence-corrected chi connectivity index (χ0v) is 17.7. The molecule has 0 atom stereocenters. The number of aromatic nitrogens is 1. The minimum absolute atomic E-state index is 0.0329. The molecule has 2 aliphatic heterocycles. The van der Waals surface area contributed by atoms with Crippen molar-refractivity contribution in [1.82, 2.24) is 18.9 Å². The molecule has 158 valence electrons. The van der Waals surface area contributed by atoms with Gasteiger partial charge in [-0.3, -0.25) is 4.79 Å². The van der Waals surface area contributed by atoms with Gasteiger partial charge in [0.05, 0.1) is 19.0 Å². The van der Waals surface area contributed by atoms with Crippen molar-refractivity contribution in [2.24, 2.45) is 0 Å². The second-order valence-corrected chi connectivity index (χ2v) is 11.6. The summed E-state index contributed by atoms with van der Waals surface area (Å²) in [6.45, 7) is 2.16. The number of ether oxygens (including phenoxy) is 1. The first-order valence-electron chi connectivity index (χ1n) is 8.91. The van der Waals surface area contributed by atoms with E-state index in [-0.39, 0.29) is 22.9 Å². The molecule has 1 amide bonds. The number of rotatable bonds is 7. The van der Waals surface area contributed by atoms with Gasteiger partial charge in [-0.15, -0.1) is 0 Å². The molecule has 13 heteroatoms. The lowest BCUT2D eigenvalue weighted by Gasteiger charge is -2.26. The molecule has 0 aliphatic carbocycles. The minimum Gasteiger partial charge on any atom is -0.379 e. The Morgan fingerprint density at radius 2 is 1.79 bits per heavy atom. The van der Waals surface area contributed by atoms with Crippen LogP contribution in [0.5, 0.6) is 0 Å². The normalized spacial score (nSPS) is 20.1. The molecule has 0 bridgehead atoms. The number of hydrogen-bond donors (Lipinski definition) is 2. The molecule has 1 aromatic rings. The first-order valence-corrected chi connectivity index (χ1v) is 13.1. The van der Waals surface area contributed by atoms with Gasteiger partial charge in [0.1, 0.15) is 10.6 Å². The van der Waals surface area contributed by atoms with Crippen LogP contribution >= 0.6 is 11.8 Å². The van der Waals surface area contributed by atoms with Crippen LogP contribution in [0.25, 0.3) is 0 Å². The molecular formula is C15H24N4O6S3. The number of carbonyl (C=O) groups is 1. The zero-order valence-electron chi connectivity index (χ0n) is 15.3. The fourth-order valence-electron chi connectivity index (χ4n) is 2.93. The Kier molecular flexibility index (Phi) is 7.04. The summed E-state index contributed by atoms with van der Waals surface area (Å²) < 4.78 is 57.6. The number of hydrogen-bond acceptors (Lipinski definition) is 7. The van der Waals surface area contributed by atoms with Gasteiger partial charge in [0.2, 0.25) is 20.0 Å². The summed E-state index contributed by atoms with van der Waals surface area (Å²) in [5.41, 5.74) is 0.0775. The molecule has 3 heterocycles. The summed E-state index contributed by atoms with van der Waals surface area (Å²) in [4.78, 5) is 14.9. The SMILES string of the molecule is O=C(NCCS(=O)(=O)N1CCOCC1)c1cc(S(=O)(=O)N2CCSCC2)c[nH]1. The summed E-state index contributed by atoms with van der Waals surface area (Å²) in [5, 5.41) is 2.52. The minimum atomic E-state index is -3.64. The molecule has 0 aromatic carbocycles. The molecule has 0 spiro atoms. The van der Waals surface area contributed by atoms with Gasteiger partial charge in [-0.25, -0.2) is 16.8 Å². The summed E-state index contributed by atoms with van der Waals surface area (Å²) in [6.07, 6.45) is 1.29. The quantitative estimate of drug-likeness (QED) is 0.551. The van der Waals surface area contributed by atoms with Gasteiger partial charge >= 0.3 is 0 Å². The molecule has 0 radical (unpaired) electrons. The molecule has 2 aliphatic rings. The van der Waals surface area contributed by atoms with Crippen LogP contribution < -0.4 is 5.32 Å². The third-order valence-corrected chi connectivity index (χ3v) is 9.21. The lowest BCUT2D eigenvalue weighted by molar-refractivity contribution is 0.0730. The molecule has 2 N–H and O–H groups in total. The smallest absolute Gasteiger partial charge is 0.267 e. The predicted molar refractivity (Wildman–Crippen MR) is 105 cm³/mol. The highest BCUT2D eigenvalue weighted by Crippen LogP contribution is 2.20. The fraction of sp³-hybridized carbons (Fsp3) is 0.667. The van der Waals surface area contributed by atoms with E-state index >= 15 is 0 Å². The number of nitrogens with zero attached hydrogens (tertiary/aromatic N) is 2. The van der Waals surface area contributed by atoms with Gasteiger partial charge in [0.25, 0.3) is 5.91 Å². The van der Waals surface area contributed by atoms with E-state index in [1.54, 1.807) is 11.8 Å². The van der Waals surface area contributed by atoms with Crippen molar-refractivity contribution >= 4 is 37.7 Å². The first-order chi connectivity index (χ1) is 13.3. The number of thioether (sulfide) groups is 1. The van der Waals surface area contributed by atoms with Gasteiger partial charge in [-0.2, -0.15) is 20.4 Å². The summed E-state index contributed by atoms with van der Waals surface area (Å²) in [6, 6.07) is 1.28. The van der Waals surface area contributed by atoms with E-state index in [1.165, 1.54) is 20.9 Å². The monoisotopic (exact) mass is 452 g/mol. The lowest BCUT2D eigenvalue weighted by Crippen LogP contribution is -2.43. The van der Waals surface area contributed by atoms with Crippen molar-refractivity contribution < 1.29 is 26.4 Å². The highest BCUT2D eigenvalue weighted by Gasteiger charge is 2.28. The molecular weight excluding hydrogens is 428 g/mol. The van der Waals surface area contributed by atoms with E-state index in [2.05, 4.69) is 10.3 Å². The molecule has 0 saturated carbocycles. The second-order valence-electron chi connectivity index (χ2n) is 6.35. The molecule has 28 heavy (non-hydrogen) atoms. The van der Waals surface area contributed by atoms with Crippen LogP contribution in [0.4, 0.5) is 0 Å². The van der Waals surface area contributed by atoms with Crippen molar-refractivity contribution in [2.45, 2.75) is 4.90 Å². The molecule has 2 fully saturated rings. The maximum absolute atomic E-state index is 12.6. The number of H-pyrrole nitrogens is 1. The van der Waals surface area contributed by atoms with Crippen LogP contribution in [0, 0.1) is 0 Å². The average molecular weight is 453 g/mol. The Labute approximate surface area is 169 Å². The van der Waals surface area contributed by atoms with Crippen LogP contribution in [0.3, 0.4) is 0 Å². The fourth-order valence-corrected chi connectivity index (χ4v) is 6.83. The van der Waals surface area contributed by atoms with Crippen molar-refractivity contribution in [3.8, 4) is 0 Å². The van der Waals surface area contributed by atoms with Crippen molar-refractivity contribution in [3.05, 3.63) is 18.0 Å². The number of amides is 1. The summed E-state index contributed by atoms with van der Waals surface area (Å²) in [5.74, 6) is 0.715. The van der Waals surface area contributed by atoms with E-state index < -0.39 is 26.0 Å². The molecule has 2 saturated heterocycles. The summed E-state index contributed by atoms with van der Waals surface area (Å²) >= 11 is 1.70. The number of sulfonamides is 2. The maximum Gasteiger partial charge on any atom is 0.267 e. The van der Waals surface area contributed by atoms with Crippen molar-refractivity contribution in [1.29, 1.82) is 0 Å². The Morgan fingerprint density at radius 3 is 2.46 bits per heavy atom. The van der Waals surface area contributed by atoms with E-state index in [0.717, 1.165) is 11.5 Å². The molecule has 3 rings (SSSR count). The average Bonchev–Trinajstić information content (AvgIpc) is 3.20. The largest absolute Gasteiger partial charge is 0.379 e. The van der Waals surface area contributed by atoms with Gasteiger partial charge in [-0.1, -0.05) is 0 Å². The highest BCUT2D eigenvalue weighted by molar-refractivity contribution is 7.99. The second kappa shape index (κ2) is 9.13. The van der Waals surface area contributed by atoms with Crippen molar-refractivity contribution in [3.63, 3.8) is 0 Å². The number of carbonyl (C=O) groups excluding carboxylic acids is 1. The van der Waals surface area contributed by atoms with E-state index in [0.29, 0.717) is 39.4 Å². The van der Waals surface area contributed by atoms with Gasteiger partial charge in [-0.05, 0) is 6.07 Å². The molecule has 10 nitrogen and oxygen atoms in total. The predicted octanol–water partition coefficient (Wildman–Crippen LogP) is -0.856. The van der Waals surface area contributed by atoms with Crippen LogP contribution in [0.15, 0.2) is 17.2 Å². The standard InChI is InChI=1S/C15H24N4O6S3/c20-15(16-1-10-27(21,22)18-2-6-25-7-3-18)14-11-13(12-17-14)28(23,24)19-4-8-26-9-5-19/h11-12,17H,1-10H2,(H,16,20). The molecule has 0 unspecified atom stereocenters. The van der Waals surface area contributed by atoms with Crippen LogP contribution in [0.2, 0.25) is 0 Å². The van der Waals surface area contributed by atoms with E-state index in [9.17, 15) is 21.6 Å². The van der Waals surface area contributed by atoms with Crippen molar-refractivity contribution in [2.75, 3.05) is 63.2 Å². The third-order valence-electron chi connectivity index (χ3n) is 4.52. The zero-order chi connectivity index (χ0) is 20.2. The first kappa shape index (κ1) is 21.6. The van der Waals surface area contributed by atoms with Gasteiger partial charge in [0, 0.05) is 50.4 Å². The Hall–Kier alpha value is -1.12. The van der Waals surface area contributed by atoms with Crippen LogP contribution in [-0.4, -0.2) is 99.5 Å². The number of nitrogens with one attached hydrogen (secondary N) is 2. The Bertz CT molecular complexity index is 887. The number of aromatic amines is 1. The van der Waals surface area contributed by atoms with Crippen LogP contribution in [0.1, 0.15) is 10.5 Å².